The predicted molar refractivity (Wildman–Crippen MR) is 80.6 cm³/mol. The van der Waals surface area contributed by atoms with Crippen molar-refractivity contribution >= 4 is 16.5 Å². The molecule has 1 aliphatic rings. The number of anilines is 1. The highest BCUT2D eigenvalue weighted by molar-refractivity contribution is 5.93. The smallest absolute Gasteiger partial charge is 0.0465 e. The van der Waals surface area contributed by atoms with E-state index in [2.05, 4.69) is 60.2 Å². The van der Waals surface area contributed by atoms with Gasteiger partial charge in [0.15, 0.2) is 0 Å². The first-order valence-electron chi connectivity index (χ1n) is 6.91. The molecule has 1 aliphatic heterocycles. The van der Waals surface area contributed by atoms with Crippen molar-refractivity contribution in [3.63, 3.8) is 0 Å². The van der Waals surface area contributed by atoms with Crippen LogP contribution in [0.15, 0.2) is 36.7 Å². The largest absolute Gasteiger partial charge is 0.365 e. The molecule has 0 amide bonds. The molecule has 100 valence electrons. The summed E-state index contributed by atoms with van der Waals surface area (Å²) in [6.07, 6.45) is 3.84. The monoisotopic (exact) mass is 255 g/mol. The Morgan fingerprint density at radius 2 is 2.16 bits per heavy atom. The van der Waals surface area contributed by atoms with Gasteiger partial charge in [-0.05, 0) is 38.3 Å². The van der Waals surface area contributed by atoms with Crippen LogP contribution in [0.2, 0.25) is 0 Å². The Balaban J connectivity index is 2.08. The molecule has 0 saturated carbocycles. The molecule has 0 radical (unpaired) electrons. The van der Waals surface area contributed by atoms with E-state index < -0.39 is 0 Å². The average Bonchev–Trinajstić information content (AvgIpc) is 2.41. The van der Waals surface area contributed by atoms with Crippen LogP contribution in [0.3, 0.4) is 0 Å². The number of benzene rings is 1. The van der Waals surface area contributed by atoms with Crippen LogP contribution in [0.5, 0.6) is 0 Å². The van der Waals surface area contributed by atoms with Crippen LogP contribution in [0.4, 0.5) is 5.69 Å². The van der Waals surface area contributed by atoms with Crippen molar-refractivity contribution in [2.24, 2.45) is 0 Å². The first kappa shape index (κ1) is 12.4. The summed E-state index contributed by atoms with van der Waals surface area (Å²) >= 11 is 0. The fourth-order valence-corrected chi connectivity index (χ4v) is 2.84. The molecule has 1 aromatic heterocycles. The zero-order chi connectivity index (χ0) is 13.5. The lowest BCUT2D eigenvalue weighted by Gasteiger charge is -2.45. The van der Waals surface area contributed by atoms with Gasteiger partial charge in [-0.25, -0.2) is 0 Å². The lowest BCUT2D eigenvalue weighted by atomic mass is 9.97. The van der Waals surface area contributed by atoms with E-state index in [1.54, 1.807) is 0 Å². The Morgan fingerprint density at radius 3 is 3.00 bits per heavy atom. The number of hydrogen-bond donors (Lipinski definition) is 1. The molecule has 1 unspecified atom stereocenters. The molecular weight excluding hydrogens is 234 g/mol. The molecule has 1 N–H and O–H groups in total. The van der Waals surface area contributed by atoms with Crippen molar-refractivity contribution in [3.05, 3.63) is 36.7 Å². The van der Waals surface area contributed by atoms with Gasteiger partial charge < -0.3 is 10.2 Å². The number of hydrogen-bond acceptors (Lipinski definition) is 3. The van der Waals surface area contributed by atoms with Gasteiger partial charge in [-0.1, -0.05) is 12.1 Å². The highest BCUT2D eigenvalue weighted by Crippen LogP contribution is 2.30. The third-order valence-electron chi connectivity index (χ3n) is 3.94. The van der Waals surface area contributed by atoms with Crippen LogP contribution in [0, 0.1) is 0 Å². The van der Waals surface area contributed by atoms with Gasteiger partial charge in [0.25, 0.3) is 0 Å². The summed E-state index contributed by atoms with van der Waals surface area (Å²) < 4.78 is 0. The van der Waals surface area contributed by atoms with E-state index in [1.165, 1.54) is 16.5 Å². The lowest BCUT2D eigenvalue weighted by molar-refractivity contribution is 0.318. The SMILES string of the molecule is CC1CNC(C)(C)CN1c1cccc2ccncc12. The molecule has 3 heteroatoms. The van der Waals surface area contributed by atoms with E-state index >= 15 is 0 Å². The Kier molecular flexibility index (Phi) is 2.94. The van der Waals surface area contributed by atoms with Gasteiger partial charge in [0.1, 0.15) is 0 Å². The topological polar surface area (TPSA) is 28.2 Å². The zero-order valence-corrected chi connectivity index (χ0v) is 11.9. The Bertz CT molecular complexity index is 586. The quantitative estimate of drug-likeness (QED) is 0.849. The third-order valence-corrected chi connectivity index (χ3v) is 3.94. The number of aromatic nitrogens is 1. The lowest BCUT2D eigenvalue weighted by Crippen LogP contribution is -2.61. The number of rotatable bonds is 1. The van der Waals surface area contributed by atoms with Crippen LogP contribution in [0.1, 0.15) is 20.8 Å². The van der Waals surface area contributed by atoms with Crippen LogP contribution in [0.25, 0.3) is 10.8 Å². The van der Waals surface area contributed by atoms with Gasteiger partial charge in [-0.3, -0.25) is 4.98 Å². The maximum atomic E-state index is 4.29. The average molecular weight is 255 g/mol. The van der Waals surface area contributed by atoms with E-state index in [-0.39, 0.29) is 5.54 Å². The van der Waals surface area contributed by atoms with Crippen LogP contribution in [-0.4, -0.2) is 29.7 Å². The second kappa shape index (κ2) is 4.49. The molecule has 3 rings (SSSR count). The number of nitrogens with one attached hydrogen (secondary N) is 1. The molecular formula is C16H21N3. The van der Waals surface area contributed by atoms with Gasteiger partial charge in [0.05, 0.1) is 0 Å². The van der Waals surface area contributed by atoms with E-state index in [1.807, 2.05) is 12.4 Å². The molecule has 1 fully saturated rings. The number of nitrogens with zero attached hydrogens (tertiary/aromatic N) is 2. The second-order valence-corrected chi connectivity index (χ2v) is 6.12. The highest BCUT2D eigenvalue weighted by Gasteiger charge is 2.30. The third kappa shape index (κ3) is 2.30. The van der Waals surface area contributed by atoms with Crippen molar-refractivity contribution < 1.29 is 0 Å². The fraction of sp³-hybridized carbons (Fsp3) is 0.438. The van der Waals surface area contributed by atoms with E-state index in [4.69, 9.17) is 0 Å². The first-order chi connectivity index (χ1) is 9.07. The Hall–Kier alpha value is -1.61. The van der Waals surface area contributed by atoms with E-state index in [0.717, 1.165) is 13.1 Å². The molecule has 2 aromatic rings. The molecule has 1 saturated heterocycles. The predicted octanol–water partition coefficient (Wildman–Crippen LogP) is 2.81. The maximum absolute atomic E-state index is 4.29. The minimum absolute atomic E-state index is 0.150. The maximum Gasteiger partial charge on any atom is 0.0465 e. The minimum atomic E-state index is 0.150. The van der Waals surface area contributed by atoms with Crippen molar-refractivity contribution in [2.75, 3.05) is 18.0 Å². The molecule has 3 nitrogen and oxygen atoms in total. The van der Waals surface area contributed by atoms with Gasteiger partial charge in [-0.2, -0.15) is 0 Å². The van der Waals surface area contributed by atoms with E-state index in [0.29, 0.717) is 6.04 Å². The molecule has 0 aliphatic carbocycles. The molecule has 0 spiro atoms. The first-order valence-corrected chi connectivity index (χ1v) is 6.91. The summed E-state index contributed by atoms with van der Waals surface area (Å²) in [5, 5.41) is 6.10. The van der Waals surface area contributed by atoms with Crippen molar-refractivity contribution in [1.29, 1.82) is 0 Å². The van der Waals surface area contributed by atoms with Crippen LogP contribution < -0.4 is 10.2 Å². The summed E-state index contributed by atoms with van der Waals surface area (Å²) in [6, 6.07) is 9.08. The highest BCUT2D eigenvalue weighted by atomic mass is 15.2. The summed E-state index contributed by atoms with van der Waals surface area (Å²) in [4.78, 5) is 6.79. The van der Waals surface area contributed by atoms with E-state index in [9.17, 15) is 0 Å². The molecule has 1 atom stereocenters. The Morgan fingerprint density at radius 1 is 1.32 bits per heavy atom. The van der Waals surface area contributed by atoms with Crippen molar-refractivity contribution in [3.8, 4) is 0 Å². The van der Waals surface area contributed by atoms with Gasteiger partial charge >= 0.3 is 0 Å². The standard InChI is InChI=1S/C16H21N3/c1-12-9-18-16(2,3)11-19(12)15-6-4-5-13-7-8-17-10-14(13)15/h4-8,10,12,18H,9,11H2,1-3H3. The summed E-state index contributed by atoms with van der Waals surface area (Å²) in [5.74, 6) is 0. The number of piperazine rings is 1. The minimum Gasteiger partial charge on any atom is -0.365 e. The Labute approximate surface area is 114 Å². The molecule has 19 heavy (non-hydrogen) atoms. The molecule has 1 aromatic carbocycles. The summed E-state index contributed by atoms with van der Waals surface area (Å²) in [5.41, 5.74) is 1.45. The van der Waals surface area contributed by atoms with Gasteiger partial charge in [-0.15, -0.1) is 0 Å². The van der Waals surface area contributed by atoms with Gasteiger partial charge in [0, 0.05) is 48.1 Å². The number of pyridine rings is 1. The van der Waals surface area contributed by atoms with Gasteiger partial charge in [0.2, 0.25) is 0 Å². The second-order valence-electron chi connectivity index (χ2n) is 6.12. The van der Waals surface area contributed by atoms with Crippen molar-refractivity contribution in [1.82, 2.24) is 10.3 Å². The summed E-state index contributed by atoms with van der Waals surface area (Å²) in [6.45, 7) is 8.83. The number of fused-ring (bicyclic) bond motifs is 1. The van der Waals surface area contributed by atoms with Crippen LogP contribution in [-0.2, 0) is 0 Å². The van der Waals surface area contributed by atoms with Crippen molar-refractivity contribution in [2.45, 2.75) is 32.4 Å². The molecule has 0 bridgehead atoms. The summed E-state index contributed by atoms with van der Waals surface area (Å²) in [7, 11) is 0. The fourth-order valence-electron chi connectivity index (χ4n) is 2.84. The zero-order valence-electron chi connectivity index (χ0n) is 11.9. The van der Waals surface area contributed by atoms with Crippen LogP contribution >= 0.6 is 0 Å². The normalized spacial score (nSPS) is 22.7. The molecule has 2 heterocycles.